The van der Waals surface area contributed by atoms with Crippen LogP contribution >= 0.6 is 0 Å². The van der Waals surface area contributed by atoms with Crippen molar-refractivity contribution >= 4 is 11.8 Å². The maximum atomic E-state index is 12.1. The molecular formula is C22H35N3O2. The molecule has 1 fully saturated rings. The van der Waals surface area contributed by atoms with Gasteiger partial charge in [-0.1, -0.05) is 46.0 Å². The van der Waals surface area contributed by atoms with Gasteiger partial charge < -0.3 is 15.0 Å². The van der Waals surface area contributed by atoms with E-state index in [9.17, 15) is 4.79 Å². The Labute approximate surface area is 164 Å². The highest BCUT2D eigenvalue weighted by Gasteiger charge is 2.52. The predicted octanol–water partition coefficient (Wildman–Crippen LogP) is 4.50. The van der Waals surface area contributed by atoms with Crippen molar-refractivity contribution in [3.63, 3.8) is 0 Å². The Morgan fingerprint density at radius 1 is 1.22 bits per heavy atom. The molecule has 2 aliphatic rings. The number of ether oxygens (including phenoxy) is 1. The molecule has 2 heterocycles. The van der Waals surface area contributed by atoms with Crippen LogP contribution in [0.3, 0.4) is 0 Å². The van der Waals surface area contributed by atoms with Crippen LogP contribution in [0, 0.1) is 0 Å². The monoisotopic (exact) mass is 373 g/mol. The first-order valence-electron chi connectivity index (χ1n) is 10.5. The molecule has 150 valence electrons. The van der Waals surface area contributed by atoms with Crippen molar-refractivity contribution in [2.75, 3.05) is 32.1 Å². The predicted molar refractivity (Wildman–Crippen MR) is 111 cm³/mol. The Morgan fingerprint density at radius 2 is 1.96 bits per heavy atom. The van der Waals surface area contributed by atoms with Gasteiger partial charge >= 0.3 is 6.09 Å². The third-order valence-electron chi connectivity index (χ3n) is 6.31. The molecule has 0 spiro atoms. The van der Waals surface area contributed by atoms with Gasteiger partial charge in [0.25, 0.3) is 0 Å². The van der Waals surface area contributed by atoms with Gasteiger partial charge in [0.05, 0.1) is 6.17 Å². The van der Waals surface area contributed by atoms with Gasteiger partial charge in [0.2, 0.25) is 0 Å². The average Bonchev–Trinajstić information content (AvgIpc) is 3.06. The maximum Gasteiger partial charge on any atom is 0.412 e. The number of hydrogen-bond donors (Lipinski definition) is 1. The highest BCUT2D eigenvalue weighted by atomic mass is 16.6. The van der Waals surface area contributed by atoms with Crippen LogP contribution in [-0.2, 0) is 5.41 Å². The van der Waals surface area contributed by atoms with Gasteiger partial charge in [-0.3, -0.25) is 4.90 Å². The van der Waals surface area contributed by atoms with Crippen LogP contribution in [0.2, 0.25) is 0 Å². The largest absolute Gasteiger partial charge is 0.412 e. The summed E-state index contributed by atoms with van der Waals surface area (Å²) in [6.07, 6.45) is 8.44. The minimum absolute atomic E-state index is 0.0904. The zero-order valence-corrected chi connectivity index (χ0v) is 17.4. The number of anilines is 1. The molecule has 2 unspecified atom stereocenters. The van der Waals surface area contributed by atoms with Gasteiger partial charge in [-0.05, 0) is 43.7 Å². The molecule has 1 aromatic rings. The molecule has 1 amide bonds. The Morgan fingerprint density at radius 3 is 2.74 bits per heavy atom. The number of rotatable bonds is 8. The summed E-state index contributed by atoms with van der Waals surface area (Å²) in [4.78, 5) is 16.9. The van der Waals surface area contributed by atoms with Crippen molar-refractivity contribution in [1.82, 2.24) is 10.2 Å². The molecule has 1 aromatic carbocycles. The van der Waals surface area contributed by atoms with E-state index in [1.165, 1.54) is 43.4 Å². The third kappa shape index (κ3) is 4.08. The lowest BCUT2D eigenvalue weighted by atomic mass is 9.81. The van der Waals surface area contributed by atoms with E-state index in [-0.39, 0.29) is 11.5 Å². The second-order valence-electron chi connectivity index (χ2n) is 8.40. The Kier molecular flexibility index (Phi) is 6.30. The average molecular weight is 374 g/mol. The van der Waals surface area contributed by atoms with E-state index in [1.807, 2.05) is 6.07 Å². The molecule has 5 heteroatoms. The van der Waals surface area contributed by atoms with Crippen molar-refractivity contribution in [3.05, 3.63) is 23.8 Å². The normalized spacial score (nSPS) is 24.0. The van der Waals surface area contributed by atoms with Crippen molar-refractivity contribution < 1.29 is 9.53 Å². The van der Waals surface area contributed by atoms with Gasteiger partial charge in [0.1, 0.15) is 5.75 Å². The number of nitrogens with one attached hydrogen (secondary N) is 1. The SMILES string of the molecule is CCCCCCCCNC(=O)Oc1ccc2c(c1)C1(C)CCN(C)C1N2C. The van der Waals surface area contributed by atoms with E-state index in [4.69, 9.17) is 4.74 Å². The smallest absolute Gasteiger partial charge is 0.410 e. The zero-order valence-electron chi connectivity index (χ0n) is 17.4. The number of amides is 1. The van der Waals surface area contributed by atoms with Crippen LogP contribution < -0.4 is 15.0 Å². The molecule has 1 N–H and O–H groups in total. The van der Waals surface area contributed by atoms with E-state index < -0.39 is 0 Å². The fourth-order valence-electron chi connectivity index (χ4n) is 4.86. The van der Waals surface area contributed by atoms with Gasteiger partial charge in [-0.15, -0.1) is 0 Å². The van der Waals surface area contributed by atoms with Crippen molar-refractivity contribution in [3.8, 4) is 5.75 Å². The molecule has 27 heavy (non-hydrogen) atoms. The van der Waals surface area contributed by atoms with E-state index in [2.05, 4.69) is 55.2 Å². The van der Waals surface area contributed by atoms with Gasteiger partial charge in [-0.2, -0.15) is 0 Å². The molecule has 2 atom stereocenters. The summed E-state index contributed by atoms with van der Waals surface area (Å²) in [7, 11) is 4.34. The minimum atomic E-state index is -0.347. The number of fused-ring (bicyclic) bond motifs is 3. The van der Waals surface area contributed by atoms with Crippen molar-refractivity contribution in [2.45, 2.75) is 70.4 Å². The second kappa shape index (κ2) is 8.51. The van der Waals surface area contributed by atoms with Crippen LogP contribution in [0.5, 0.6) is 5.75 Å². The molecule has 0 aromatic heterocycles. The first-order valence-corrected chi connectivity index (χ1v) is 10.5. The van der Waals surface area contributed by atoms with Crippen LogP contribution in [0.4, 0.5) is 10.5 Å². The Bertz CT molecular complexity index is 663. The van der Waals surface area contributed by atoms with Crippen molar-refractivity contribution in [1.29, 1.82) is 0 Å². The van der Waals surface area contributed by atoms with Crippen LogP contribution in [0.25, 0.3) is 0 Å². The van der Waals surface area contributed by atoms with Crippen LogP contribution in [0.15, 0.2) is 18.2 Å². The van der Waals surface area contributed by atoms with Gasteiger partial charge in [-0.25, -0.2) is 4.79 Å². The number of likely N-dealkylation sites (N-methyl/N-ethyl adjacent to an activating group) is 2. The molecule has 0 saturated carbocycles. The van der Waals surface area contributed by atoms with E-state index in [0.717, 1.165) is 19.4 Å². The van der Waals surface area contributed by atoms with E-state index in [0.29, 0.717) is 18.5 Å². The number of carbonyl (C=O) groups is 1. The fourth-order valence-corrected chi connectivity index (χ4v) is 4.86. The molecule has 2 aliphatic heterocycles. The highest BCUT2D eigenvalue weighted by Crippen LogP contribution is 2.51. The minimum Gasteiger partial charge on any atom is -0.410 e. The summed E-state index contributed by atoms with van der Waals surface area (Å²) < 4.78 is 5.56. The molecule has 0 bridgehead atoms. The summed E-state index contributed by atoms with van der Waals surface area (Å²) in [5.74, 6) is 0.638. The Hall–Kier alpha value is -1.75. The number of unbranched alkanes of at least 4 members (excludes halogenated alkanes) is 5. The number of nitrogens with zero attached hydrogens (tertiary/aromatic N) is 2. The molecule has 3 rings (SSSR count). The number of benzene rings is 1. The summed E-state index contributed by atoms with van der Waals surface area (Å²) in [5.41, 5.74) is 2.63. The lowest BCUT2D eigenvalue weighted by Gasteiger charge is -2.32. The first kappa shape index (κ1) is 20.0. The number of hydrogen-bond acceptors (Lipinski definition) is 4. The van der Waals surface area contributed by atoms with E-state index >= 15 is 0 Å². The maximum absolute atomic E-state index is 12.1. The van der Waals surface area contributed by atoms with Crippen LogP contribution in [-0.4, -0.2) is 44.3 Å². The van der Waals surface area contributed by atoms with Crippen LogP contribution in [0.1, 0.15) is 64.4 Å². The molecule has 0 aliphatic carbocycles. The highest BCUT2D eigenvalue weighted by molar-refractivity contribution is 5.72. The quantitative estimate of drug-likeness (QED) is 0.681. The molecule has 1 saturated heterocycles. The topological polar surface area (TPSA) is 44.8 Å². The Balaban J connectivity index is 1.53. The first-order chi connectivity index (χ1) is 13.0. The third-order valence-corrected chi connectivity index (χ3v) is 6.31. The lowest BCUT2D eigenvalue weighted by molar-refractivity contribution is 0.200. The molecule has 5 nitrogen and oxygen atoms in total. The van der Waals surface area contributed by atoms with Gasteiger partial charge in [0, 0.05) is 31.2 Å². The lowest BCUT2D eigenvalue weighted by Crippen LogP contribution is -2.45. The zero-order chi connectivity index (χ0) is 19.4. The standard InChI is InChI=1S/C22H35N3O2/c1-5-6-7-8-9-10-14-23-21(26)27-17-11-12-19-18(16-17)22(2)13-15-24(3)20(22)25(19)4/h11-12,16,20H,5-10,13-15H2,1-4H3,(H,23,26). The van der Waals surface area contributed by atoms with Crippen molar-refractivity contribution in [2.24, 2.45) is 0 Å². The summed E-state index contributed by atoms with van der Waals surface area (Å²) in [5, 5.41) is 2.88. The molecule has 0 radical (unpaired) electrons. The number of likely N-dealkylation sites (tertiary alicyclic amines) is 1. The summed E-state index contributed by atoms with van der Waals surface area (Å²) in [6, 6.07) is 6.06. The summed E-state index contributed by atoms with van der Waals surface area (Å²) >= 11 is 0. The fraction of sp³-hybridized carbons (Fsp3) is 0.682. The molecular weight excluding hydrogens is 338 g/mol. The van der Waals surface area contributed by atoms with Gasteiger partial charge in [0.15, 0.2) is 0 Å². The second-order valence-corrected chi connectivity index (χ2v) is 8.40. The number of carbonyl (C=O) groups excluding carboxylic acids is 1. The van der Waals surface area contributed by atoms with E-state index in [1.54, 1.807) is 0 Å². The summed E-state index contributed by atoms with van der Waals surface area (Å²) in [6.45, 7) is 6.32.